The van der Waals surface area contributed by atoms with E-state index in [1.54, 1.807) is 24.3 Å². The Morgan fingerprint density at radius 2 is 1.57 bits per heavy atom. The lowest BCUT2D eigenvalue weighted by molar-refractivity contribution is 0.467. The molecule has 0 nitrogen and oxygen atoms in total. The van der Waals surface area contributed by atoms with Crippen molar-refractivity contribution in [3.8, 4) is 11.8 Å². The summed E-state index contributed by atoms with van der Waals surface area (Å²) in [6.45, 7) is 1.96. The molecule has 3 aromatic rings. The Balaban J connectivity index is 1.53. The molecule has 0 saturated heterocycles. The van der Waals surface area contributed by atoms with Gasteiger partial charge in [-0.1, -0.05) is 43.4 Å². The summed E-state index contributed by atoms with van der Waals surface area (Å²) in [7, 11) is 0. The lowest BCUT2D eigenvalue weighted by Gasteiger charge is -2.26. The van der Waals surface area contributed by atoms with Crippen LogP contribution in [0.15, 0.2) is 54.6 Å². The molecule has 0 spiro atoms. The standard InChI is InChI=1S/C27H23F3/c1-2-3-20-12-15-25(27(30)26(20)29)23-11-10-21-16-19(6-9-22(21)17-23)5-4-18-7-13-24(28)14-8-18/h6-9,12-16,23H,2-3,10-11,17H2,1H3. The fourth-order valence-corrected chi connectivity index (χ4v) is 4.16. The van der Waals surface area contributed by atoms with Crippen molar-refractivity contribution in [3.63, 3.8) is 0 Å². The molecule has 0 radical (unpaired) electrons. The van der Waals surface area contributed by atoms with Gasteiger partial charge in [-0.05, 0) is 90.3 Å². The smallest absolute Gasteiger partial charge is 0.162 e. The van der Waals surface area contributed by atoms with Gasteiger partial charge in [-0.25, -0.2) is 13.2 Å². The second-order valence-corrected chi connectivity index (χ2v) is 7.87. The third-order valence-electron chi connectivity index (χ3n) is 5.78. The van der Waals surface area contributed by atoms with Gasteiger partial charge in [-0.2, -0.15) is 0 Å². The first-order chi connectivity index (χ1) is 14.5. The van der Waals surface area contributed by atoms with Crippen LogP contribution in [0.2, 0.25) is 0 Å². The summed E-state index contributed by atoms with van der Waals surface area (Å²) in [5.74, 6) is 4.51. The Kier molecular flexibility index (Phi) is 5.95. The van der Waals surface area contributed by atoms with Crippen molar-refractivity contribution in [2.45, 2.75) is 44.9 Å². The van der Waals surface area contributed by atoms with Crippen molar-refractivity contribution < 1.29 is 13.2 Å². The van der Waals surface area contributed by atoms with Crippen molar-refractivity contribution in [1.29, 1.82) is 0 Å². The lowest BCUT2D eigenvalue weighted by atomic mass is 9.79. The van der Waals surface area contributed by atoms with E-state index in [1.165, 1.54) is 17.7 Å². The van der Waals surface area contributed by atoms with Gasteiger partial charge in [0.25, 0.3) is 0 Å². The summed E-state index contributed by atoms with van der Waals surface area (Å²) in [6, 6.07) is 15.7. The van der Waals surface area contributed by atoms with E-state index in [0.717, 1.165) is 36.0 Å². The van der Waals surface area contributed by atoms with Gasteiger partial charge in [0.15, 0.2) is 11.6 Å². The van der Waals surface area contributed by atoms with E-state index in [-0.39, 0.29) is 11.7 Å². The Labute approximate surface area is 175 Å². The van der Waals surface area contributed by atoms with Gasteiger partial charge in [0, 0.05) is 11.1 Å². The van der Waals surface area contributed by atoms with Crippen LogP contribution in [0.3, 0.4) is 0 Å². The molecule has 152 valence electrons. The summed E-state index contributed by atoms with van der Waals surface area (Å²) in [6.07, 6.45) is 3.64. The highest BCUT2D eigenvalue weighted by molar-refractivity contribution is 5.47. The van der Waals surface area contributed by atoms with Gasteiger partial charge in [0.1, 0.15) is 5.82 Å². The molecule has 1 unspecified atom stereocenters. The van der Waals surface area contributed by atoms with Gasteiger partial charge in [-0.3, -0.25) is 0 Å². The van der Waals surface area contributed by atoms with Crippen LogP contribution < -0.4 is 0 Å². The molecule has 0 bridgehead atoms. The number of fused-ring (bicyclic) bond motifs is 1. The Morgan fingerprint density at radius 1 is 0.833 bits per heavy atom. The first-order valence-corrected chi connectivity index (χ1v) is 10.4. The number of benzene rings is 3. The number of hydrogen-bond acceptors (Lipinski definition) is 0. The maximum absolute atomic E-state index is 14.7. The summed E-state index contributed by atoms with van der Waals surface area (Å²) in [5, 5.41) is 0. The molecule has 1 aliphatic carbocycles. The molecule has 1 aliphatic rings. The van der Waals surface area contributed by atoms with Crippen molar-refractivity contribution >= 4 is 0 Å². The number of hydrogen-bond donors (Lipinski definition) is 0. The second kappa shape index (κ2) is 8.79. The van der Waals surface area contributed by atoms with E-state index < -0.39 is 11.6 Å². The highest BCUT2D eigenvalue weighted by atomic mass is 19.2. The molecule has 0 N–H and O–H groups in total. The zero-order chi connectivity index (χ0) is 21.1. The van der Waals surface area contributed by atoms with E-state index >= 15 is 0 Å². The minimum absolute atomic E-state index is 0.0150. The van der Waals surface area contributed by atoms with Gasteiger partial charge in [0.2, 0.25) is 0 Å². The fourth-order valence-electron chi connectivity index (χ4n) is 4.16. The highest BCUT2D eigenvalue weighted by Gasteiger charge is 2.25. The molecule has 0 fully saturated rings. The van der Waals surface area contributed by atoms with Crippen LogP contribution in [0.1, 0.15) is 59.1 Å². The fraction of sp³-hybridized carbons (Fsp3) is 0.259. The average Bonchev–Trinajstić information content (AvgIpc) is 2.76. The first-order valence-electron chi connectivity index (χ1n) is 10.4. The summed E-state index contributed by atoms with van der Waals surface area (Å²) in [5.41, 5.74) is 4.98. The molecule has 1 atom stereocenters. The monoisotopic (exact) mass is 404 g/mol. The van der Waals surface area contributed by atoms with Crippen molar-refractivity contribution in [3.05, 3.63) is 105 Å². The van der Waals surface area contributed by atoms with Crippen LogP contribution in [0.4, 0.5) is 13.2 Å². The quantitative estimate of drug-likeness (QED) is 0.425. The topological polar surface area (TPSA) is 0 Å². The SMILES string of the molecule is CCCc1ccc(C2CCc3cc(C#Cc4ccc(F)cc4)ccc3C2)c(F)c1F. The van der Waals surface area contributed by atoms with E-state index in [2.05, 4.69) is 17.9 Å². The van der Waals surface area contributed by atoms with Gasteiger partial charge >= 0.3 is 0 Å². The molecule has 30 heavy (non-hydrogen) atoms. The lowest BCUT2D eigenvalue weighted by Crippen LogP contribution is -2.15. The van der Waals surface area contributed by atoms with Crippen LogP contribution >= 0.6 is 0 Å². The van der Waals surface area contributed by atoms with E-state index in [1.807, 2.05) is 19.1 Å². The summed E-state index contributed by atoms with van der Waals surface area (Å²) in [4.78, 5) is 0. The van der Waals surface area contributed by atoms with Gasteiger partial charge in [-0.15, -0.1) is 0 Å². The predicted molar refractivity (Wildman–Crippen MR) is 114 cm³/mol. The molecule has 0 amide bonds. The van der Waals surface area contributed by atoms with Crippen molar-refractivity contribution in [2.75, 3.05) is 0 Å². The third-order valence-corrected chi connectivity index (χ3v) is 5.78. The molecule has 3 heteroatoms. The molecule has 4 rings (SSSR count). The Hall–Kier alpha value is -2.99. The molecular formula is C27H23F3. The Morgan fingerprint density at radius 3 is 2.33 bits per heavy atom. The summed E-state index contributed by atoms with van der Waals surface area (Å²) >= 11 is 0. The molecular weight excluding hydrogens is 381 g/mol. The van der Waals surface area contributed by atoms with E-state index in [9.17, 15) is 13.2 Å². The van der Waals surface area contributed by atoms with Crippen molar-refractivity contribution in [1.82, 2.24) is 0 Å². The van der Waals surface area contributed by atoms with E-state index in [4.69, 9.17) is 0 Å². The van der Waals surface area contributed by atoms with Gasteiger partial charge < -0.3 is 0 Å². The minimum Gasteiger partial charge on any atom is -0.207 e. The van der Waals surface area contributed by atoms with Gasteiger partial charge in [0.05, 0.1) is 0 Å². The summed E-state index contributed by atoms with van der Waals surface area (Å²) < 4.78 is 42.1. The maximum Gasteiger partial charge on any atom is 0.162 e. The predicted octanol–water partition coefficient (Wildman–Crippen LogP) is 6.73. The Bertz CT molecular complexity index is 1120. The van der Waals surface area contributed by atoms with Crippen LogP contribution in [-0.2, 0) is 19.3 Å². The maximum atomic E-state index is 14.7. The molecule has 3 aromatic carbocycles. The van der Waals surface area contributed by atoms with Crippen LogP contribution in [0.25, 0.3) is 0 Å². The first kappa shape index (κ1) is 20.3. The van der Waals surface area contributed by atoms with Crippen LogP contribution in [0.5, 0.6) is 0 Å². The number of halogens is 3. The normalized spacial score (nSPS) is 15.3. The molecule has 0 aromatic heterocycles. The minimum atomic E-state index is -0.688. The molecule has 0 aliphatic heterocycles. The van der Waals surface area contributed by atoms with Crippen LogP contribution in [-0.4, -0.2) is 0 Å². The number of rotatable bonds is 3. The number of aryl methyl sites for hydroxylation is 2. The third kappa shape index (κ3) is 4.28. The zero-order valence-corrected chi connectivity index (χ0v) is 16.9. The second-order valence-electron chi connectivity index (χ2n) is 7.87. The molecule has 0 heterocycles. The van der Waals surface area contributed by atoms with E-state index in [0.29, 0.717) is 24.0 Å². The zero-order valence-electron chi connectivity index (χ0n) is 16.9. The van der Waals surface area contributed by atoms with Crippen LogP contribution in [0, 0.1) is 29.3 Å². The highest BCUT2D eigenvalue weighted by Crippen LogP contribution is 2.35. The molecule has 0 saturated carbocycles. The average molecular weight is 404 g/mol. The largest absolute Gasteiger partial charge is 0.207 e. The van der Waals surface area contributed by atoms with Crippen molar-refractivity contribution in [2.24, 2.45) is 0 Å².